The molecule has 2 N–H and O–H groups in total. The standard InChI is InChI=1S/C19H23ClN2O4/c1-5-26-19(24)18-11(2)14(12(3)21-18)7-9-17(23)22-13-6-8-16(25-4)15(20)10-13/h6,8,10,21H,5,7,9H2,1-4H3,(H,22,23). The molecular weight excluding hydrogens is 356 g/mol. The number of carbonyl (C=O) groups is 2. The molecule has 0 aliphatic carbocycles. The van der Waals surface area contributed by atoms with Crippen LogP contribution in [0.15, 0.2) is 18.2 Å². The molecule has 0 unspecified atom stereocenters. The maximum absolute atomic E-state index is 12.2. The largest absolute Gasteiger partial charge is 0.495 e. The van der Waals surface area contributed by atoms with Gasteiger partial charge in [-0.3, -0.25) is 4.79 Å². The Labute approximate surface area is 157 Å². The number of halogens is 1. The van der Waals surface area contributed by atoms with Crippen LogP contribution in [-0.2, 0) is 16.0 Å². The summed E-state index contributed by atoms with van der Waals surface area (Å²) in [6, 6.07) is 5.07. The highest BCUT2D eigenvalue weighted by atomic mass is 35.5. The zero-order valence-corrected chi connectivity index (χ0v) is 16.1. The molecular formula is C19H23ClN2O4. The molecule has 0 radical (unpaired) electrons. The van der Waals surface area contributed by atoms with Crippen LogP contribution in [0.3, 0.4) is 0 Å². The Kier molecular flexibility index (Phi) is 6.69. The molecule has 0 atom stereocenters. The molecule has 0 spiro atoms. The first-order chi connectivity index (χ1) is 12.4. The van der Waals surface area contributed by atoms with Gasteiger partial charge in [0.25, 0.3) is 0 Å². The number of H-pyrrole nitrogens is 1. The van der Waals surface area contributed by atoms with Crippen LogP contribution in [0.5, 0.6) is 5.75 Å². The van der Waals surface area contributed by atoms with Gasteiger partial charge in [0, 0.05) is 17.8 Å². The number of aryl methyl sites for hydroxylation is 1. The van der Waals surface area contributed by atoms with Gasteiger partial charge in [-0.05, 0) is 56.5 Å². The zero-order chi connectivity index (χ0) is 19.3. The topological polar surface area (TPSA) is 80.4 Å². The summed E-state index contributed by atoms with van der Waals surface area (Å²) in [5.41, 5.74) is 3.69. The van der Waals surface area contributed by atoms with E-state index < -0.39 is 0 Å². The quantitative estimate of drug-likeness (QED) is 0.712. The first-order valence-corrected chi connectivity index (χ1v) is 8.73. The van der Waals surface area contributed by atoms with Crippen molar-refractivity contribution < 1.29 is 19.1 Å². The second-order valence-electron chi connectivity index (χ2n) is 5.85. The Morgan fingerprint density at radius 1 is 1.27 bits per heavy atom. The lowest BCUT2D eigenvalue weighted by molar-refractivity contribution is -0.116. The van der Waals surface area contributed by atoms with Gasteiger partial charge in [0.2, 0.25) is 5.91 Å². The highest BCUT2D eigenvalue weighted by Crippen LogP contribution is 2.27. The van der Waals surface area contributed by atoms with Crippen LogP contribution >= 0.6 is 11.6 Å². The third kappa shape index (κ3) is 4.58. The lowest BCUT2D eigenvalue weighted by atomic mass is 10.0. The molecule has 0 fully saturated rings. The summed E-state index contributed by atoms with van der Waals surface area (Å²) < 4.78 is 10.1. The molecule has 0 aliphatic heterocycles. The number of esters is 1. The average molecular weight is 379 g/mol. The van der Waals surface area contributed by atoms with Crippen LogP contribution in [0, 0.1) is 13.8 Å². The number of ether oxygens (including phenoxy) is 2. The van der Waals surface area contributed by atoms with Crippen molar-refractivity contribution in [1.29, 1.82) is 0 Å². The van der Waals surface area contributed by atoms with Gasteiger partial charge in [0.1, 0.15) is 11.4 Å². The van der Waals surface area contributed by atoms with Crippen molar-refractivity contribution in [2.45, 2.75) is 33.6 Å². The van der Waals surface area contributed by atoms with Crippen molar-refractivity contribution >= 4 is 29.2 Å². The van der Waals surface area contributed by atoms with Crippen molar-refractivity contribution in [3.63, 3.8) is 0 Å². The minimum absolute atomic E-state index is 0.135. The molecule has 0 aliphatic rings. The van der Waals surface area contributed by atoms with Crippen LogP contribution in [0.1, 0.15) is 40.7 Å². The van der Waals surface area contributed by atoms with Gasteiger partial charge in [-0.2, -0.15) is 0 Å². The number of rotatable bonds is 7. The second-order valence-corrected chi connectivity index (χ2v) is 6.25. The Morgan fingerprint density at radius 3 is 2.62 bits per heavy atom. The minimum atomic E-state index is -0.378. The normalized spacial score (nSPS) is 10.5. The number of methoxy groups -OCH3 is 1. The lowest BCUT2D eigenvalue weighted by Crippen LogP contribution is -2.12. The van der Waals surface area contributed by atoms with Crippen molar-refractivity contribution in [3.05, 3.63) is 45.7 Å². The molecule has 1 aromatic carbocycles. The van der Waals surface area contributed by atoms with Crippen LogP contribution in [-0.4, -0.2) is 30.6 Å². The van der Waals surface area contributed by atoms with E-state index in [1.807, 2.05) is 13.8 Å². The van der Waals surface area contributed by atoms with Crippen LogP contribution < -0.4 is 10.1 Å². The highest BCUT2D eigenvalue weighted by Gasteiger charge is 2.18. The van der Waals surface area contributed by atoms with Gasteiger partial charge >= 0.3 is 5.97 Å². The summed E-state index contributed by atoms with van der Waals surface area (Å²) in [6.45, 7) is 5.82. The summed E-state index contributed by atoms with van der Waals surface area (Å²) in [5.74, 6) is 0.0373. The number of hydrogen-bond acceptors (Lipinski definition) is 4. The number of aromatic amines is 1. The van der Waals surface area contributed by atoms with Gasteiger partial charge in [0.05, 0.1) is 18.7 Å². The minimum Gasteiger partial charge on any atom is -0.495 e. The molecule has 7 heteroatoms. The molecule has 0 saturated carbocycles. The van der Waals surface area contributed by atoms with Gasteiger partial charge < -0.3 is 19.8 Å². The molecule has 2 rings (SSSR count). The summed E-state index contributed by atoms with van der Waals surface area (Å²) in [6.07, 6.45) is 0.800. The van der Waals surface area contributed by atoms with E-state index in [9.17, 15) is 9.59 Å². The third-order valence-electron chi connectivity index (χ3n) is 4.11. The van der Waals surface area contributed by atoms with Crippen LogP contribution in [0.2, 0.25) is 5.02 Å². The van der Waals surface area contributed by atoms with E-state index in [-0.39, 0.29) is 18.3 Å². The molecule has 1 heterocycles. The lowest BCUT2D eigenvalue weighted by Gasteiger charge is -2.08. The van der Waals surface area contributed by atoms with E-state index in [1.165, 1.54) is 7.11 Å². The molecule has 140 valence electrons. The van der Waals surface area contributed by atoms with E-state index in [4.69, 9.17) is 21.1 Å². The number of anilines is 1. The Hall–Kier alpha value is -2.47. The number of benzene rings is 1. The van der Waals surface area contributed by atoms with E-state index >= 15 is 0 Å². The highest BCUT2D eigenvalue weighted by molar-refractivity contribution is 6.32. The first kappa shape index (κ1) is 19.8. The Bertz CT molecular complexity index is 814. The number of nitrogens with one attached hydrogen (secondary N) is 2. The molecule has 0 saturated heterocycles. The summed E-state index contributed by atoms with van der Waals surface area (Å²) >= 11 is 6.06. The van der Waals surface area contributed by atoms with Crippen molar-refractivity contribution in [3.8, 4) is 5.75 Å². The van der Waals surface area contributed by atoms with Crippen molar-refractivity contribution in [2.24, 2.45) is 0 Å². The number of amides is 1. The Morgan fingerprint density at radius 2 is 2.00 bits per heavy atom. The fraction of sp³-hybridized carbons (Fsp3) is 0.368. The predicted octanol–water partition coefficient (Wildman–Crippen LogP) is 4.04. The van der Waals surface area contributed by atoms with Gasteiger partial charge in [-0.25, -0.2) is 4.79 Å². The molecule has 26 heavy (non-hydrogen) atoms. The molecule has 0 bridgehead atoms. The fourth-order valence-electron chi connectivity index (χ4n) is 2.78. The third-order valence-corrected chi connectivity index (χ3v) is 4.41. The first-order valence-electron chi connectivity index (χ1n) is 8.35. The monoisotopic (exact) mass is 378 g/mol. The van der Waals surface area contributed by atoms with E-state index in [0.717, 1.165) is 16.8 Å². The molecule has 6 nitrogen and oxygen atoms in total. The Balaban J connectivity index is 2.01. The van der Waals surface area contributed by atoms with E-state index in [0.29, 0.717) is 35.2 Å². The van der Waals surface area contributed by atoms with Crippen molar-refractivity contribution in [1.82, 2.24) is 4.98 Å². The van der Waals surface area contributed by atoms with Gasteiger partial charge in [0.15, 0.2) is 0 Å². The molecule has 2 aromatic rings. The maximum Gasteiger partial charge on any atom is 0.355 e. The van der Waals surface area contributed by atoms with E-state index in [1.54, 1.807) is 25.1 Å². The number of carbonyl (C=O) groups excluding carboxylic acids is 2. The maximum atomic E-state index is 12.2. The SMILES string of the molecule is CCOC(=O)c1[nH]c(C)c(CCC(=O)Nc2ccc(OC)c(Cl)c2)c1C. The average Bonchev–Trinajstić information content (AvgIpc) is 2.88. The fourth-order valence-corrected chi connectivity index (χ4v) is 3.04. The van der Waals surface area contributed by atoms with Crippen LogP contribution in [0.25, 0.3) is 0 Å². The predicted molar refractivity (Wildman–Crippen MR) is 101 cm³/mol. The molecule has 1 amide bonds. The van der Waals surface area contributed by atoms with Crippen molar-refractivity contribution in [2.75, 3.05) is 19.0 Å². The van der Waals surface area contributed by atoms with Crippen LogP contribution in [0.4, 0.5) is 5.69 Å². The van der Waals surface area contributed by atoms with E-state index in [2.05, 4.69) is 10.3 Å². The summed E-state index contributed by atoms with van der Waals surface area (Å²) in [5, 5.41) is 3.24. The summed E-state index contributed by atoms with van der Waals surface area (Å²) in [4.78, 5) is 27.2. The zero-order valence-electron chi connectivity index (χ0n) is 15.4. The number of aromatic nitrogens is 1. The van der Waals surface area contributed by atoms with Gasteiger partial charge in [-0.1, -0.05) is 11.6 Å². The second kappa shape index (κ2) is 8.76. The van der Waals surface area contributed by atoms with Gasteiger partial charge in [-0.15, -0.1) is 0 Å². The number of hydrogen-bond donors (Lipinski definition) is 2. The smallest absolute Gasteiger partial charge is 0.355 e. The summed E-state index contributed by atoms with van der Waals surface area (Å²) in [7, 11) is 1.53. The molecule has 1 aromatic heterocycles.